The number of pyridine rings is 1. The molecule has 4 aromatic rings. The summed E-state index contributed by atoms with van der Waals surface area (Å²) in [6, 6.07) is 5.57. The highest BCUT2D eigenvalue weighted by molar-refractivity contribution is 5.90. The summed E-state index contributed by atoms with van der Waals surface area (Å²) in [6.07, 6.45) is -0.588. The van der Waals surface area contributed by atoms with Crippen LogP contribution in [0.4, 0.5) is 8.78 Å². The van der Waals surface area contributed by atoms with E-state index in [0.717, 1.165) is 5.69 Å². The van der Waals surface area contributed by atoms with Gasteiger partial charge in [0.1, 0.15) is 11.7 Å². The molecule has 0 unspecified atom stereocenters. The summed E-state index contributed by atoms with van der Waals surface area (Å²) >= 11 is 0. The number of halogens is 2. The van der Waals surface area contributed by atoms with Crippen LogP contribution in [0.15, 0.2) is 35.0 Å². The van der Waals surface area contributed by atoms with Gasteiger partial charge in [-0.05, 0) is 18.2 Å². The Hall–Kier alpha value is -3.63. The van der Waals surface area contributed by atoms with Gasteiger partial charge in [0.25, 0.3) is 6.43 Å². The maximum atomic E-state index is 13.5. The van der Waals surface area contributed by atoms with Crippen LogP contribution in [-0.2, 0) is 11.8 Å². The molecule has 1 N–H and O–H groups in total. The fourth-order valence-corrected chi connectivity index (χ4v) is 3.89. The van der Waals surface area contributed by atoms with Crippen molar-refractivity contribution in [2.75, 3.05) is 6.54 Å². The minimum Gasteiger partial charge on any atom is -0.416 e. The van der Waals surface area contributed by atoms with E-state index in [0.29, 0.717) is 35.8 Å². The van der Waals surface area contributed by atoms with Gasteiger partial charge in [0.15, 0.2) is 0 Å². The number of imidazole rings is 1. The smallest absolute Gasteiger partial charge is 0.312 e. The second kappa shape index (κ2) is 7.21. The van der Waals surface area contributed by atoms with Crippen LogP contribution in [-0.4, -0.2) is 47.1 Å². The summed E-state index contributed by atoms with van der Waals surface area (Å²) in [6.45, 7) is 6.07. The minimum atomic E-state index is -2.69. The number of alkyl halides is 2. The average molecular weight is 441 g/mol. The van der Waals surface area contributed by atoms with Crippen molar-refractivity contribution in [1.29, 1.82) is 0 Å². The molecule has 0 saturated carbocycles. The van der Waals surface area contributed by atoms with Gasteiger partial charge in [0.05, 0.1) is 23.2 Å². The standard InChI is InChI=1S/C21H21F2N7O2/c1-21(2,3)20-27-26-18(32-20)19(31)29-8-7-12-15(25-10-24-12)16(29)13-9-11-5-4-6-14(17(22)23)30(11)28-13/h4-6,9-10,16-17H,7-8H2,1-3H3,(H,24,25)/t16-/m0/s1. The zero-order chi connectivity index (χ0) is 22.6. The largest absolute Gasteiger partial charge is 0.416 e. The average Bonchev–Trinajstić information content (AvgIpc) is 3.50. The normalized spacial score (nSPS) is 16.7. The first-order valence-corrected chi connectivity index (χ1v) is 10.2. The number of aromatic amines is 1. The predicted octanol–water partition coefficient (Wildman–Crippen LogP) is 3.46. The second-order valence-electron chi connectivity index (χ2n) is 8.74. The molecule has 11 heteroatoms. The summed E-state index contributed by atoms with van der Waals surface area (Å²) in [4.78, 5) is 22.4. The van der Waals surface area contributed by atoms with Crippen molar-refractivity contribution >= 4 is 11.4 Å². The second-order valence-corrected chi connectivity index (χ2v) is 8.74. The Morgan fingerprint density at radius 1 is 1.28 bits per heavy atom. The molecule has 0 aromatic carbocycles. The fraction of sp³-hybridized carbons (Fsp3) is 0.381. The number of fused-ring (bicyclic) bond motifs is 2. The number of nitrogens with one attached hydrogen (secondary N) is 1. The molecule has 1 aliphatic heterocycles. The van der Waals surface area contributed by atoms with Crippen molar-refractivity contribution in [2.24, 2.45) is 0 Å². The highest BCUT2D eigenvalue weighted by atomic mass is 19.3. The Kier molecular flexibility index (Phi) is 4.57. The van der Waals surface area contributed by atoms with E-state index in [-0.39, 0.29) is 11.6 Å². The van der Waals surface area contributed by atoms with Gasteiger partial charge in [-0.1, -0.05) is 26.8 Å². The van der Waals surface area contributed by atoms with E-state index in [9.17, 15) is 13.6 Å². The minimum absolute atomic E-state index is 0.129. The highest BCUT2D eigenvalue weighted by Crippen LogP contribution is 2.35. The number of H-pyrrole nitrogens is 1. The van der Waals surface area contributed by atoms with Gasteiger partial charge in [-0.15, -0.1) is 10.2 Å². The third-order valence-corrected chi connectivity index (χ3v) is 5.47. The molecule has 4 aromatic heterocycles. The summed E-state index contributed by atoms with van der Waals surface area (Å²) in [5.41, 5.74) is 1.77. The lowest BCUT2D eigenvalue weighted by Gasteiger charge is -2.32. The van der Waals surface area contributed by atoms with Crippen LogP contribution >= 0.6 is 0 Å². The van der Waals surface area contributed by atoms with E-state index < -0.39 is 23.8 Å². The molecule has 0 radical (unpaired) electrons. The maximum Gasteiger partial charge on any atom is 0.312 e. The number of amides is 1. The molecular formula is C21H21F2N7O2. The van der Waals surface area contributed by atoms with Gasteiger partial charge in [-0.25, -0.2) is 18.3 Å². The Labute approximate surface area is 181 Å². The lowest BCUT2D eigenvalue weighted by atomic mass is 9.97. The first-order valence-electron chi connectivity index (χ1n) is 10.2. The fourth-order valence-electron chi connectivity index (χ4n) is 3.89. The van der Waals surface area contributed by atoms with Crippen molar-refractivity contribution in [3.8, 4) is 0 Å². The number of carbonyl (C=O) groups excluding carboxylic acids is 1. The number of nitrogens with zero attached hydrogens (tertiary/aromatic N) is 6. The molecule has 0 bridgehead atoms. The van der Waals surface area contributed by atoms with Crippen LogP contribution < -0.4 is 0 Å². The number of carbonyl (C=O) groups is 1. The lowest BCUT2D eigenvalue weighted by Crippen LogP contribution is -2.41. The van der Waals surface area contributed by atoms with Crippen molar-refractivity contribution in [3.63, 3.8) is 0 Å². The van der Waals surface area contributed by atoms with Gasteiger partial charge < -0.3 is 14.3 Å². The van der Waals surface area contributed by atoms with Crippen LogP contribution in [0.3, 0.4) is 0 Å². The molecule has 5 heterocycles. The highest BCUT2D eigenvalue weighted by Gasteiger charge is 2.38. The van der Waals surface area contributed by atoms with E-state index >= 15 is 0 Å². The van der Waals surface area contributed by atoms with Gasteiger partial charge in [0.2, 0.25) is 5.89 Å². The van der Waals surface area contributed by atoms with Crippen LogP contribution in [0.25, 0.3) is 5.52 Å². The van der Waals surface area contributed by atoms with Gasteiger partial charge in [0, 0.05) is 24.1 Å². The van der Waals surface area contributed by atoms with Crippen molar-refractivity contribution in [3.05, 3.63) is 65.1 Å². The molecule has 0 saturated heterocycles. The zero-order valence-electron chi connectivity index (χ0n) is 17.7. The lowest BCUT2D eigenvalue weighted by molar-refractivity contribution is 0.0642. The zero-order valence-corrected chi connectivity index (χ0v) is 17.7. The first-order chi connectivity index (χ1) is 15.2. The Bertz CT molecular complexity index is 1300. The summed E-state index contributed by atoms with van der Waals surface area (Å²) in [7, 11) is 0. The summed E-state index contributed by atoms with van der Waals surface area (Å²) < 4.78 is 33.8. The van der Waals surface area contributed by atoms with Crippen molar-refractivity contribution in [2.45, 2.75) is 45.1 Å². The molecule has 5 rings (SSSR count). The number of hydrogen-bond donors (Lipinski definition) is 1. The molecule has 1 atom stereocenters. The summed E-state index contributed by atoms with van der Waals surface area (Å²) in [5.74, 6) is -0.238. The van der Waals surface area contributed by atoms with Crippen LogP contribution in [0.1, 0.15) is 72.6 Å². The topological polar surface area (TPSA) is 105 Å². The third kappa shape index (κ3) is 3.24. The molecule has 32 heavy (non-hydrogen) atoms. The van der Waals surface area contributed by atoms with Crippen molar-refractivity contribution in [1.82, 2.24) is 34.7 Å². The van der Waals surface area contributed by atoms with E-state index in [1.807, 2.05) is 20.8 Å². The SMILES string of the molecule is CC(C)(C)c1nnc(C(=O)N2CCc3[nH]cnc3[C@@H]2c2cc3cccc(C(F)F)n3n2)o1. The van der Waals surface area contributed by atoms with E-state index in [1.54, 1.807) is 29.4 Å². The van der Waals surface area contributed by atoms with E-state index in [1.165, 1.54) is 10.6 Å². The Balaban J connectivity index is 1.60. The molecule has 1 amide bonds. The van der Waals surface area contributed by atoms with E-state index in [2.05, 4.69) is 25.3 Å². The van der Waals surface area contributed by atoms with Gasteiger partial charge >= 0.3 is 11.8 Å². The predicted molar refractivity (Wildman–Crippen MR) is 108 cm³/mol. The molecule has 166 valence electrons. The first kappa shape index (κ1) is 20.3. The van der Waals surface area contributed by atoms with E-state index in [4.69, 9.17) is 4.42 Å². The number of aromatic nitrogens is 6. The Morgan fingerprint density at radius 2 is 2.09 bits per heavy atom. The number of rotatable bonds is 3. The molecule has 9 nitrogen and oxygen atoms in total. The third-order valence-electron chi connectivity index (χ3n) is 5.47. The Morgan fingerprint density at radius 3 is 2.81 bits per heavy atom. The van der Waals surface area contributed by atoms with Crippen LogP contribution in [0.5, 0.6) is 0 Å². The molecule has 0 fully saturated rings. The molecule has 0 aliphatic carbocycles. The van der Waals surface area contributed by atoms with Crippen LogP contribution in [0, 0.1) is 0 Å². The van der Waals surface area contributed by atoms with Crippen molar-refractivity contribution < 1.29 is 18.0 Å². The monoisotopic (exact) mass is 441 g/mol. The molecular weight excluding hydrogens is 420 g/mol. The molecule has 0 spiro atoms. The van der Waals surface area contributed by atoms with Crippen LogP contribution in [0.2, 0.25) is 0 Å². The molecule has 1 aliphatic rings. The summed E-state index contributed by atoms with van der Waals surface area (Å²) in [5, 5.41) is 12.4. The van der Waals surface area contributed by atoms with Gasteiger partial charge in [-0.2, -0.15) is 5.10 Å². The maximum absolute atomic E-state index is 13.5. The quantitative estimate of drug-likeness (QED) is 0.522. The van der Waals surface area contributed by atoms with Gasteiger partial charge in [-0.3, -0.25) is 4.79 Å². The number of hydrogen-bond acceptors (Lipinski definition) is 6.